The zero-order valence-corrected chi connectivity index (χ0v) is 10.5. The predicted octanol–water partition coefficient (Wildman–Crippen LogP) is -0.734. The zero-order valence-electron chi connectivity index (χ0n) is 9.66. The van der Waals surface area contributed by atoms with Crippen LogP contribution in [-0.2, 0) is 19.2 Å². The Hall–Kier alpha value is -1.61. The molecule has 0 saturated carbocycles. The van der Waals surface area contributed by atoms with Gasteiger partial charge in [0.25, 0.3) is 5.78 Å². The number of hydrogen-bond donors (Lipinski definition) is 4. The third-order valence-corrected chi connectivity index (χ3v) is 2.14. The second kappa shape index (κ2) is 10.5. The number of Topliss-reactive ketones (excluding diaryl/α,β-unsaturated/α-hetero) is 1. The molecule has 8 nitrogen and oxygen atoms in total. The van der Waals surface area contributed by atoms with E-state index in [9.17, 15) is 19.2 Å². The number of carboxylic acids is 3. The first-order valence-corrected chi connectivity index (χ1v) is 6.07. The van der Waals surface area contributed by atoms with Crippen LogP contribution in [0.25, 0.3) is 0 Å². The lowest BCUT2D eigenvalue weighted by molar-refractivity contribution is -0.152. The highest BCUT2D eigenvalue weighted by Gasteiger charge is 2.14. The van der Waals surface area contributed by atoms with Gasteiger partial charge in [0.1, 0.15) is 12.5 Å². The summed E-state index contributed by atoms with van der Waals surface area (Å²) in [5, 5.41) is 23.9. The number of aliphatic carboxylic acids is 3. The first-order chi connectivity index (χ1) is 8.22. The van der Waals surface area contributed by atoms with Crippen molar-refractivity contribution >= 4 is 35.5 Å². The Labute approximate surface area is 107 Å². The number of carboxylic acid groups (broad SMARTS) is 3. The zero-order chi connectivity index (χ0) is 14.7. The number of nitrogens with two attached hydrogens (primary N) is 1. The quantitative estimate of drug-likeness (QED) is 0.349. The van der Waals surface area contributed by atoms with Gasteiger partial charge >= 0.3 is 17.9 Å². The van der Waals surface area contributed by atoms with E-state index in [1.807, 2.05) is 6.26 Å². The molecule has 0 aromatic carbocycles. The van der Waals surface area contributed by atoms with Gasteiger partial charge in [0.05, 0.1) is 0 Å². The maximum atomic E-state index is 10.1. The second-order valence-electron chi connectivity index (χ2n) is 3.03. The Balaban J connectivity index is 0. The lowest BCUT2D eigenvalue weighted by Gasteiger charge is -2.02. The van der Waals surface area contributed by atoms with Crippen LogP contribution in [0, 0.1) is 0 Å². The van der Waals surface area contributed by atoms with Crippen LogP contribution in [0.1, 0.15) is 12.8 Å². The second-order valence-corrected chi connectivity index (χ2v) is 4.01. The van der Waals surface area contributed by atoms with Gasteiger partial charge in [0, 0.05) is 0 Å². The number of ketones is 1. The summed E-state index contributed by atoms with van der Waals surface area (Å²) in [4.78, 5) is 39.3. The third-order valence-electron chi connectivity index (χ3n) is 1.50. The summed E-state index contributed by atoms with van der Waals surface area (Å²) in [5.41, 5.74) is 5.19. The maximum absolute atomic E-state index is 10.1. The smallest absolute Gasteiger partial charge is 0.372 e. The molecule has 0 radical (unpaired) electrons. The summed E-state index contributed by atoms with van der Waals surface area (Å²) in [6, 6.07) is -0.683. The number of carbonyl (C=O) groups is 4. The molecule has 0 amide bonds. The van der Waals surface area contributed by atoms with E-state index in [0.717, 1.165) is 5.75 Å². The Morgan fingerprint density at radius 3 is 1.89 bits per heavy atom. The van der Waals surface area contributed by atoms with E-state index in [1.54, 1.807) is 11.8 Å². The summed E-state index contributed by atoms with van der Waals surface area (Å²) in [6.07, 6.45) is 1.53. The summed E-state index contributed by atoms with van der Waals surface area (Å²) in [5.74, 6) is -4.54. The molecule has 0 aromatic heterocycles. The summed E-state index contributed by atoms with van der Waals surface area (Å²) in [7, 11) is 0. The number of thioether (sulfide) groups is 1. The van der Waals surface area contributed by atoms with E-state index in [-0.39, 0.29) is 0 Å². The number of carbonyl (C=O) groups excluding carboxylic acids is 1. The highest BCUT2D eigenvalue weighted by molar-refractivity contribution is 7.98. The molecule has 0 fully saturated rings. The molecule has 0 unspecified atom stereocenters. The van der Waals surface area contributed by atoms with E-state index in [1.165, 1.54) is 0 Å². The highest BCUT2D eigenvalue weighted by atomic mass is 32.2. The molecule has 18 heavy (non-hydrogen) atoms. The molecule has 0 aliphatic carbocycles. The van der Waals surface area contributed by atoms with Crippen LogP contribution in [0.2, 0.25) is 0 Å². The van der Waals surface area contributed by atoms with Crippen molar-refractivity contribution in [1.29, 1.82) is 0 Å². The molecule has 0 aromatic rings. The van der Waals surface area contributed by atoms with Gasteiger partial charge in [0.2, 0.25) is 0 Å². The van der Waals surface area contributed by atoms with Crippen LogP contribution in [0.15, 0.2) is 0 Å². The molecule has 0 aliphatic rings. The average Bonchev–Trinajstić information content (AvgIpc) is 2.25. The van der Waals surface area contributed by atoms with Gasteiger partial charge in [-0.3, -0.25) is 14.4 Å². The van der Waals surface area contributed by atoms with Crippen molar-refractivity contribution in [2.75, 3.05) is 12.0 Å². The summed E-state index contributed by atoms with van der Waals surface area (Å²) in [6.45, 7) is 0. The first-order valence-electron chi connectivity index (χ1n) is 4.67. The molecule has 0 saturated heterocycles. The van der Waals surface area contributed by atoms with Gasteiger partial charge in [-0.2, -0.15) is 11.8 Å². The molecule has 0 rings (SSSR count). The standard InChI is InChI=1S/C5H11NO2S.C4H4O5/c1-9-3-2-4(6)5(7)8;5-2(4(8)9)1-3(6)7/h4H,2-3,6H2,1H3,(H,7,8);1H2,(H,6,7)(H,8,9)/t4-;/m0./s1. The minimum absolute atomic E-state index is 0.552. The van der Waals surface area contributed by atoms with Crippen molar-refractivity contribution in [3.63, 3.8) is 0 Å². The molecule has 1 atom stereocenters. The fourth-order valence-electron chi connectivity index (χ4n) is 0.581. The van der Waals surface area contributed by atoms with Crippen molar-refractivity contribution < 1.29 is 34.5 Å². The topological polar surface area (TPSA) is 155 Å². The lowest BCUT2D eigenvalue weighted by atomic mass is 10.2. The molecule has 0 heterocycles. The van der Waals surface area contributed by atoms with E-state index in [0.29, 0.717) is 6.42 Å². The van der Waals surface area contributed by atoms with Gasteiger partial charge in [-0.15, -0.1) is 0 Å². The highest BCUT2D eigenvalue weighted by Crippen LogP contribution is 1.97. The van der Waals surface area contributed by atoms with Gasteiger partial charge in [0.15, 0.2) is 0 Å². The first kappa shape index (κ1) is 18.7. The van der Waals surface area contributed by atoms with Crippen LogP contribution in [-0.4, -0.2) is 57.1 Å². The van der Waals surface area contributed by atoms with Crippen molar-refractivity contribution in [3.8, 4) is 0 Å². The van der Waals surface area contributed by atoms with Gasteiger partial charge < -0.3 is 21.1 Å². The average molecular weight is 281 g/mol. The molecule has 0 spiro atoms. The van der Waals surface area contributed by atoms with E-state index >= 15 is 0 Å². The van der Waals surface area contributed by atoms with Crippen LogP contribution in [0.3, 0.4) is 0 Å². The van der Waals surface area contributed by atoms with Gasteiger partial charge in [-0.05, 0) is 18.4 Å². The van der Waals surface area contributed by atoms with Crippen molar-refractivity contribution in [1.82, 2.24) is 0 Å². The Morgan fingerprint density at radius 1 is 1.17 bits per heavy atom. The maximum Gasteiger partial charge on any atom is 0.372 e. The number of hydrogen-bond acceptors (Lipinski definition) is 6. The van der Waals surface area contributed by atoms with Crippen LogP contribution in [0.4, 0.5) is 0 Å². The van der Waals surface area contributed by atoms with Crippen molar-refractivity contribution in [2.45, 2.75) is 18.9 Å². The van der Waals surface area contributed by atoms with Crippen molar-refractivity contribution in [3.05, 3.63) is 0 Å². The minimum Gasteiger partial charge on any atom is -0.481 e. The summed E-state index contributed by atoms with van der Waals surface area (Å²) < 4.78 is 0. The van der Waals surface area contributed by atoms with Crippen molar-refractivity contribution in [2.24, 2.45) is 5.73 Å². The van der Waals surface area contributed by atoms with E-state index < -0.39 is 36.2 Å². The fraction of sp³-hybridized carbons (Fsp3) is 0.556. The minimum atomic E-state index is -1.71. The lowest BCUT2D eigenvalue weighted by Crippen LogP contribution is -2.30. The predicted molar refractivity (Wildman–Crippen MR) is 63.5 cm³/mol. The monoisotopic (exact) mass is 281 g/mol. The van der Waals surface area contributed by atoms with Crippen LogP contribution < -0.4 is 5.73 Å². The fourth-order valence-corrected chi connectivity index (χ4v) is 1.07. The number of rotatable bonds is 7. The Morgan fingerprint density at radius 2 is 1.67 bits per heavy atom. The molecule has 104 valence electrons. The summed E-state index contributed by atoms with van der Waals surface area (Å²) >= 11 is 1.60. The van der Waals surface area contributed by atoms with Crippen LogP contribution in [0.5, 0.6) is 0 Å². The Kier molecular flexibility index (Phi) is 11.0. The van der Waals surface area contributed by atoms with E-state index in [4.69, 9.17) is 21.1 Å². The largest absolute Gasteiger partial charge is 0.481 e. The van der Waals surface area contributed by atoms with Gasteiger partial charge in [-0.1, -0.05) is 0 Å². The molecule has 5 N–H and O–H groups in total. The third kappa shape index (κ3) is 12.5. The SMILES string of the molecule is CSCC[C@H](N)C(=O)O.O=C(O)CC(=O)C(=O)O. The van der Waals surface area contributed by atoms with E-state index in [2.05, 4.69) is 0 Å². The molecule has 9 heteroatoms. The molecular formula is C9H15NO7S. The molecule has 0 aliphatic heterocycles. The molecule has 0 bridgehead atoms. The van der Waals surface area contributed by atoms with Gasteiger partial charge in [-0.25, -0.2) is 4.79 Å². The Bertz CT molecular complexity index is 318. The normalized spacial score (nSPS) is 10.8. The molecular weight excluding hydrogens is 266 g/mol. The van der Waals surface area contributed by atoms with Crippen LogP contribution >= 0.6 is 11.8 Å².